The Kier molecular flexibility index (Phi) is 5.51. The van der Waals surface area contributed by atoms with Crippen LogP contribution < -0.4 is 0 Å². The third-order valence-corrected chi connectivity index (χ3v) is 7.64. The number of nitrogens with one attached hydrogen (secondary N) is 1. The number of aromatic amines is 1. The van der Waals surface area contributed by atoms with Gasteiger partial charge in [-0.1, -0.05) is 69.2 Å². The lowest BCUT2D eigenvalue weighted by Gasteiger charge is -2.51. The van der Waals surface area contributed by atoms with Crippen LogP contribution in [0.3, 0.4) is 0 Å². The Morgan fingerprint density at radius 1 is 1.03 bits per heavy atom. The number of aryl methyl sites for hydroxylation is 1. The molecule has 1 fully saturated rings. The summed E-state index contributed by atoms with van der Waals surface area (Å²) in [7, 11) is 0. The maximum atomic E-state index is 13.9. The van der Waals surface area contributed by atoms with E-state index in [0.717, 1.165) is 47.8 Å². The third-order valence-electron chi connectivity index (χ3n) is 7.64. The molecule has 5 heteroatoms. The summed E-state index contributed by atoms with van der Waals surface area (Å²) < 4.78 is 0. The number of aromatic nitrogens is 1. The van der Waals surface area contributed by atoms with Crippen LogP contribution in [0.2, 0.25) is 0 Å². The van der Waals surface area contributed by atoms with Crippen molar-refractivity contribution in [1.29, 1.82) is 0 Å². The first-order valence-electron chi connectivity index (χ1n) is 12.3. The molecule has 1 saturated heterocycles. The van der Waals surface area contributed by atoms with Crippen molar-refractivity contribution >= 4 is 22.7 Å². The van der Waals surface area contributed by atoms with Gasteiger partial charge < -0.3 is 14.8 Å². The van der Waals surface area contributed by atoms with E-state index >= 15 is 0 Å². The summed E-state index contributed by atoms with van der Waals surface area (Å²) in [5, 5.41) is 1.14. The van der Waals surface area contributed by atoms with E-state index in [4.69, 9.17) is 0 Å². The topological polar surface area (TPSA) is 56.4 Å². The first kappa shape index (κ1) is 21.7. The van der Waals surface area contributed by atoms with Crippen molar-refractivity contribution in [1.82, 2.24) is 14.8 Å². The standard InChI is InChI=1S/C28H33N3O2/c1-4-6-9-16-30-18-24(32)31-17-22(20-14-12-19(5-2)13-15-20)25-21-10-7-8-11-23(21)29-26(25)28(31,3)27(30)33/h7-8,10-15,22,29H,4-6,9,16-18H2,1-3H3/t22?,28-/m0/s1. The van der Waals surface area contributed by atoms with Crippen LogP contribution in [0.5, 0.6) is 0 Å². The average molecular weight is 444 g/mol. The van der Waals surface area contributed by atoms with Crippen molar-refractivity contribution in [2.24, 2.45) is 0 Å². The molecule has 1 N–H and O–H groups in total. The van der Waals surface area contributed by atoms with E-state index < -0.39 is 5.54 Å². The number of H-pyrrole nitrogens is 1. The Labute approximate surface area is 195 Å². The fraction of sp³-hybridized carbons (Fsp3) is 0.429. The molecule has 2 amide bonds. The number of hydrogen-bond acceptors (Lipinski definition) is 2. The summed E-state index contributed by atoms with van der Waals surface area (Å²) in [4.78, 5) is 34.5. The highest BCUT2D eigenvalue weighted by Crippen LogP contribution is 2.48. The molecule has 0 aliphatic carbocycles. The van der Waals surface area contributed by atoms with Crippen LogP contribution in [-0.4, -0.2) is 46.2 Å². The maximum Gasteiger partial charge on any atom is 0.254 e. The van der Waals surface area contributed by atoms with Crippen LogP contribution in [0.15, 0.2) is 48.5 Å². The molecular formula is C28H33N3O2. The third kappa shape index (κ3) is 3.36. The number of carbonyl (C=O) groups excluding carboxylic acids is 2. The summed E-state index contributed by atoms with van der Waals surface area (Å²) in [6, 6.07) is 17.0. The van der Waals surface area contributed by atoms with Gasteiger partial charge in [-0.25, -0.2) is 0 Å². The molecule has 2 aliphatic heterocycles. The van der Waals surface area contributed by atoms with Crippen molar-refractivity contribution in [3.05, 3.63) is 70.9 Å². The monoisotopic (exact) mass is 443 g/mol. The van der Waals surface area contributed by atoms with Crippen LogP contribution >= 0.6 is 0 Å². The summed E-state index contributed by atoms with van der Waals surface area (Å²) in [6.45, 7) is 7.57. The van der Waals surface area contributed by atoms with Gasteiger partial charge in [0, 0.05) is 29.9 Å². The van der Waals surface area contributed by atoms with Crippen LogP contribution in [-0.2, 0) is 21.5 Å². The van der Waals surface area contributed by atoms with Crippen molar-refractivity contribution in [2.75, 3.05) is 19.6 Å². The zero-order valence-corrected chi connectivity index (χ0v) is 19.9. The first-order chi connectivity index (χ1) is 16.0. The lowest BCUT2D eigenvalue weighted by Crippen LogP contribution is -2.67. The van der Waals surface area contributed by atoms with Crippen molar-refractivity contribution in [2.45, 2.75) is 57.9 Å². The quantitative estimate of drug-likeness (QED) is 0.548. The first-order valence-corrected chi connectivity index (χ1v) is 12.3. The van der Waals surface area contributed by atoms with Crippen LogP contribution in [0, 0.1) is 0 Å². The zero-order chi connectivity index (χ0) is 23.2. The van der Waals surface area contributed by atoms with Gasteiger partial charge in [0.2, 0.25) is 5.91 Å². The van der Waals surface area contributed by atoms with Gasteiger partial charge in [-0.15, -0.1) is 0 Å². The fourth-order valence-corrected chi connectivity index (χ4v) is 5.69. The Morgan fingerprint density at radius 2 is 1.79 bits per heavy atom. The molecule has 3 aromatic rings. The molecule has 5 rings (SSSR count). The van der Waals surface area contributed by atoms with E-state index in [-0.39, 0.29) is 24.3 Å². The van der Waals surface area contributed by atoms with Crippen LogP contribution in [0.4, 0.5) is 0 Å². The minimum absolute atomic E-state index is 0.0264. The molecule has 5 nitrogen and oxygen atoms in total. The molecule has 33 heavy (non-hydrogen) atoms. The molecule has 2 aromatic carbocycles. The van der Waals surface area contributed by atoms with E-state index in [2.05, 4.69) is 55.2 Å². The van der Waals surface area contributed by atoms with Crippen molar-refractivity contribution in [3.8, 4) is 0 Å². The second kappa shape index (κ2) is 8.36. The Morgan fingerprint density at radius 3 is 2.52 bits per heavy atom. The predicted molar refractivity (Wildman–Crippen MR) is 131 cm³/mol. The highest BCUT2D eigenvalue weighted by Gasteiger charge is 2.56. The normalized spacial score (nSPS) is 22.6. The van der Waals surface area contributed by atoms with Gasteiger partial charge in [-0.2, -0.15) is 0 Å². The predicted octanol–water partition coefficient (Wildman–Crippen LogP) is 4.95. The highest BCUT2D eigenvalue weighted by atomic mass is 16.2. The lowest BCUT2D eigenvalue weighted by atomic mass is 9.76. The largest absolute Gasteiger partial charge is 0.356 e. The SMILES string of the molecule is CCCCCN1CC(=O)N2CC(c3ccc(CC)cc3)c3c([nH]c4ccccc34)[C@@]2(C)C1=O. The van der Waals surface area contributed by atoms with Gasteiger partial charge in [0.1, 0.15) is 0 Å². The summed E-state index contributed by atoms with van der Waals surface area (Å²) >= 11 is 0. The molecule has 3 heterocycles. The van der Waals surface area contributed by atoms with E-state index in [1.54, 1.807) is 4.90 Å². The van der Waals surface area contributed by atoms with Gasteiger partial charge in [0.05, 0.1) is 12.2 Å². The van der Waals surface area contributed by atoms with E-state index in [1.165, 1.54) is 11.1 Å². The maximum absolute atomic E-state index is 13.9. The number of benzene rings is 2. The number of rotatable bonds is 6. The number of carbonyl (C=O) groups is 2. The molecule has 0 saturated carbocycles. The molecule has 0 bridgehead atoms. The second-order valence-electron chi connectivity index (χ2n) is 9.62. The summed E-state index contributed by atoms with van der Waals surface area (Å²) in [6.07, 6.45) is 4.07. The van der Waals surface area contributed by atoms with Gasteiger partial charge in [-0.3, -0.25) is 9.59 Å². The lowest BCUT2D eigenvalue weighted by molar-refractivity contribution is -0.166. The molecule has 1 unspecified atom stereocenters. The summed E-state index contributed by atoms with van der Waals surface area (Å²) in [5.41, 5.74) is 4.53. The van der Waals surface area contributed by atoms with Crippen molar-refractivity contribution in [3.63, 3.8) is 0 Å². The highest BCUT2D eigenvalue weighted by molar-refractivity contribution is 6.01. The Hall–Kier alpha value is -3.08. The average Bonchev–Trinajstić information content (AvgIpc) is 3.23. The number of para-hydroxylation sites is 1. The number of unbranched alkanes of at least 4 members (excludes halogenated alkanes) is 2. The number of piperazine rings is 1. The van der Waals surface area contributed by atoms with Gasteiger partial charge in [-0.05, 0) is 42.5 Å². The number of nitrogens with zero attached hydrogens (tertiary/aromatic N) is 2. The zero-order valence-electron chi connectivity index (χ0n) is 19.9. The fourth-order valence-electron chi connectivity index (χ4n) is 5.69. The molecule has 2 aliphatic rings. The Balaban J connectivity index is 1.65. The van der Waals surface area contributed by atoms with Gasteiger partial charge >= 0.3 is 0 Å². The van der Waals surface area contributed by atoms with Gasteiger partial charge in [0.15, 0.2) is 5.54 Å². The van der Waals surface area contributed by atoms with E-state index in [1.807, 2.05) is 24.0 Å². The van der Waals surface area contributed by atoms with Crippen LogP contribution in [0.25, 0.3) is 10.9 Å². The molecule has 172 valence electrons. The molecule has 0 spiro atoms. The molecule has 2 atom stereocenters. The smallest absolute Gasteiger partial charge is 0.254 e. The van der Waals surface area contributed by atoms with E-state index in [9.17, 15) is 9.59 Å². The van der Waals surface area contributed by atoms with Gasteiger partial charge in [0.25, 0.3) is 5.91 Å². The molecule has 1 aromatic heterocycles. The van der Waals surface area contributed by atoms with Crippen LogP contribution in [0.1, 0.15) is 68.3 Å². The van der Waals surface area contributed by atoms with Crippen molar-refractivity contribution < 1.29 is 9.59 Å². The number of fused-ring (bicyclic) bond motifs is 5. The molecular weight excluding hydrogens is 410 g/mol. The van der Waals surface area contributed by atoms with E-state index in [0.29, 0.717) is 13.1 Å². The molecule has 0 radical (unpaired) electrons. The number of amides is 2. The Bertz CT molecular complexity index is 1200. The second-order valence-corrected chi connectivity index (χ2v) is 9.62. The summed E-state index contributed by atoms with van der Waals surface area (Å²) in [5.74, 6) is 0.0948. The number of hydrogen-bond donors (Lipinski definition) is 1. The minimum atomic E-state index is -1.00. The minimum Gasteiger partial charge on any atom is -0.356 e.